The van der Waals surface area contributed by atoms with E-state index in [2.05, 4.69) is 9.88 Å². The molecule has 0 radical (unpaired) electrons. The highest BCUT2D eigenvalue weighted by molar-refractivity contribution is 5.25. The van der Waals surface area contributed by atoms with Gasteiger partial charge in [-0.2, -0.15) is 13.2 Å². The van der Waals surface area contributed by atoms with E-state index in [1.807, 2.05) is 7.05 Å². The topological polar surface area (TPSA) is 25.4 Å². The molecule has 1 fully saturated rings. The quantitative estimate of drug-likeness (QED) is 0.835. The molecule has 0 N–H and O–H groups in total. The first-order valence-electron chi connectivity index (χ1n) is 5.82. The van der Waals surface area contributed by atoms with E-state index in [0.29, 0.717) is 6.61 Å². The molecular weight excluding hydrogens is 245 g/mol. The van der Waals surface area contributed by atoms with Gasteiger partial charge in [-0.1, -0.05) is 0 Å². The largest absolute Gasteiger partial charge is 0.490 e. The zero-order chi connectivity index (χ0) is 13.2. The van der Waals surface area contributed by atoms with Crippen molar-refractivity contribution in [2.45, 2.75) is 25.1 Å². The molecule has 1 aromatic heterocycles. The van der Waals surface area contributed by atoms with Gasteiger partial charge in [0, 0.05) is 12.2 Å². The van der Waals surface area contributed by atoms with E-state index in [1.165, 1.54) is 6.20 Å². The van der Waals surface area contributed by atoms with Crippen molar-refractivity contribution in [2.75, 3.05) is 20.2 Å². The highest BCUT2D eigenvalue weighted by Crippen LogP contribution is 2.30. The second-order valence-electron chi connectivity index (χ2n) is 4.49. The number of ether oxygens (including phenoxy) is 1. The number of halogens is 3. The maximum absolute atomic E-state index is 12.5. The predicted octanol–water partition coefficient (Wildman–Crippen LogP) is 2.57. The van der Waals surface area contributed by atoms with Crippen LogP contribution in [0.3, 0.4) is 0 Å². The van der Waals surface area contributed by atoms with Crippen LogP contribution in [0.25, 0.3) is 0 Å². The summed E-state index contributed by atoms with van der Waals surface area (Å²) in [7, 11) is 1.99. The maximum Gasteiger partial charge on any atom is 0.418 e. The van der Waals surface area contributed by atoms with Crippen LogP contribution in [-0.4, -0.2) is 36.1 Å². The Morgan fingerprint density at radius 1 is 1.44 bits per heavy atom. The molecular formula is C12H15F3N2O. The van der Waals surface area contributed by atoms with Crippen molar-refractivity contribution in [1.29, 1.82) is 0 Å². The molecule has 1 unspecified atom stereocenters. The SMILES string of the molecule is CN1CCCC1COc1cncc(C(F)(F)F)c1. The standard InChI is InChI=1S/C12H15F3N2O/c1-17-4-2-3-10(17)8-18-11-5-9(6-16-7-11)12(13,14)15/h5-7,10H,2-4,8H2,1H3. The molecule has 0 bridgehead atoms. The molecule has 1 atom stereocenters. The minimum Gasteiger partial charge on any atom is -0.490 e. The molecule has 0 aliphatic carbocycles. The summed E-state index contributed by atoms with van der Waals surface area (Å²) < 4.78 is 42.8. The molecule has 2 heterocycles. The summed E-state index contributed by atoms with van der Waals surface area (Å²) in [4.78, 5) is 5.71. The number of alkyl halides is 3. The molecule has 6 heteroatoms. The molecule has 1 aromatic rings. The Labute approximate surface area is 104 Å². The molecule has 2 rings (SSSR count). The third-order valence-electron chi connectivity index (χ3n) is 3.15. The highest BCUT2D eigenvalue weighted by Gasteiger charge is 2.31. The van der Waals surface area contributed by atoms with Gasteiger partial charge in [0.2, 0.25) is 0 Å². The van der Waals surface area contributed by atoms with Gasteiger partial charge >= 0.3 is 6.18 Å². The lowest BCUT2D eigenvalue weighted by Gasteiger charge is -2.19. The van der Waals surface area contributed by atoms with Crippen LogP contribution >= 0.6 is 0 Å². The smallest absolute Gasteiger partial charge is 0.418 e. The van der Waals surface area contributed by atoms with Crippen LogP contribution in [-0.2, 0) is 6.18 Å². The summed E-state index contributed by atoms with van der Waals surface area (Å²) in [6.45, 7) is 1.41. The Morgan fingerprint density at radius 3 is 2.83 bits per heavy atom. The summed E-state index contributed by atoms with van der Waals surface area (Å²) in [5.74, 6) is 0.171. The predicted molar refractivity (Wildman–Crippen MR) is 60.4 cm³/mol. The van der Waals surface area contributed by atoms with E-state index in [0.717, 1.165) is 31.6 Å². The summed E-state index contributed by atoms with van der Waals surface area (Å²) >= 11 is 0. The van der Waals surface area contributed by atoms with Gasteiger partial charge in [0.1, 0.15) is 12.4 Å². The normalized spacial score (nSPS) is 21.2. The summed E-state index contributed by atoms with van der Waals surface area (Å²) in [5.41, 5.74) is -0.778. The second kappa shape index (κ2) is 5.14. The lowest BCUT2D eigenvalue weighted by atomic mass is 10.2. The zero-order valence-electron chi connectivity index (χ0n) is 10.1. The van der Waals surface area contributed by atoms with Gasteiger partial charge in [-0.15, -0.1) is 0 Å². The average Bonchev–Trinajstić information content (AvgIpc) is 2.72. The number of hydrogen-bond acceptors (Lipinski definition) is 3. The van der Waals surface area contributed by atoms with Crippen LogP contribution in [0, 0.1) is 0 Å². The molecule has 0 saturated carbocycles. The van der Waals surface area contributed by atoms with Gasteiger partial charge in [-0.25, -0.2) is 0 Å². The fourth-order valence-electron chi connectivity index (χ4n) is 2.04. The van der Waals surface area contributed by atoms with Gasteiger partial charge in [0.25, 0.3) is 0 Å². The Balaban J connectivity index is 1.97. The van der Waals surface area contributed by atoms with Crippen molar-refractivity contribution in [3.05, 3.63) is 24.0 Å². The lowest BCUT2D eigenvalue weighted by molar-refractivity contribution is -0.137. The van der Waals surface area contributed by atoms with Crippen molar-refractivity contribution in [2.24, 2.45) is 0 Å². The maximum atomic E-state index is 12.5. The zero-order valence-corrected chi connectivity index (χ0v) is 10.1. The molecule has 18 heavy (non-hydrogen) atoms. The number of pyridine rings is 1. The number of rotatable bonds is 3. The minimum atomic E-state index is -4.38. The van der Waals surface area contributed by atoms with Gasteiger partial charge < -0.3 is 9.64 Å². The molecule has 0 aromatic carbocycles. The average molecular weight is 260 g/mol. The first-order valence-corrected chi connectivity index (χ1v) is 5.82. The first-order chi connectivity index (χ1) is 8.47. The number of nitrogens with zero attached hydrogens (tertiary/aromatic N) is 2. The number of likely N-dealkylation sites (tertiary alicyclic amines) is 1. The Kier molecular flexibility index (Phi) is 3.75. The molecule has 1 saturated heterocycles. The van der Waals surface area contributed by atoms with Crippen molar-refractivity contribution >= 4 is 0 Å². The van der Waals surface area contributed by atoms with Crippen molar-refractivity contribution in [3.63, 3.8) is 0 Å². The minimum absolute atomic E-state index is 0.171. The van der Waals surface area contributed by atoms with Crippen LogP contribution < -0.4 is 4.74 Å². The lowest BCUT2D eigenvalue weighted by Crippen LogP contribution is -2.30. The molecule has 1 aliphatic rings. The monoisotopic (exact) mass is 260 g/mol. The fraction of sp³-hybridized carbons (Fsp3) is 0.583. The van der Waals surface area contributed by atoms with E-state index in [4.69, 9.17) is 4.74 Å². The summed E-state index contributed by atoms with van der Waals surface area (Å²) in [5, 5.41) is 0. The molecule has 1 aliphatic heterocycles. The van der Waals surface area contributed by atoms with E-state index >= 15 is 0 Å². The molecule has 0 amide bonds. The van der Waals surface area contributed by atoms with Crippen LogP contribution in [0.15, 0.2) is 18.5 Å². The van der Waals surface area contributed by atoms with E-state index in [-0.39, 0.29) is 11.8 Å². The van der Waals surface area contributed by atoms with Crippen LogP contribution in [0.1, 0.15) is 18.4 Å². The third-order valence-corrected chi connectivity index (χ3v) is 3.15. The number of aromatic nitrogens is 1. The van der Waals surface area contributed by atoms with Crippen molar-refractivity contribution in [3.8, 4) is 5.75 Å². The van der Waals surface area contributed by atoms with Gasteiger partial charge in [0.15, 0.2) is 0 Å². The third kappa shape index (κ3) is 3.13. The number of hydrogen-bond donors (Lipinski definition) is 0. The van der Waals surface area contributed by atoms with Gasteiger partial charge in [-0.05, 0) is 32.5 Å². The number of likely N-dealkylation sites (N-methyl/N-ethyl adjacent to an activating group) is 1. The van der Waals surface area contributed by atoms with Gasteiger partial charge in [0.05, 0.1) is 11.8 Å². The van der Waals surface area contributed by atoms with Crippen LogP contribution in [0.2, 0.25) is 0 Å². The molecule has 3 nitrogen and oxygen atoms in total. The first kappa shape index (κ1) is 13.1. The van der Waals surface area contributed by atoms with Crippen LogP contribution in [0.5, 0.6) is 5.75 Å². The van der Waals surface area contributed by atoms with E-state index < -0.39 is 11.7 Å². The molecule has 100 valence electrons. The summed E-state index contributed by atoms with van der Waals surface area (Å²) in [6, 6.07) is 1.27. The Morgan fingerprint density at radius 2 is 2.22 bits per heavy atom. The van der Waals surface area contributed by atoms with Gasteiger partial charge in [-0.3, -0.25) is 4.98 Å². The summed E-state index contributed by atoms with van der Waals surface area (Å²) in [6.07, 6.45) is -0.149. The van der Waals surface area contributed by atoms with Crippen LogP contribution in [0.4, 0.5) is 13.2 Å². The second-order valence-corrected chi connectivity index (χ2v) is 4.49. The van der Waals surface area contributed by atoms with Crippen molar-refractivity contribution in [1.82, 2.24) is 9.88 Å². The van der Waals surface area contributed by atoms with Crippen molar-refractivity contribution < 1.29 is 17.9 Å². The van der Waals surface area contributed by atoms with E-state index in [9.17, 15) is 13.2 Å². The molecule has 0 spiro atoms. The fourth-order valence-corrected chi connectivity index (χ4v) is 2.04. The highest BCUT2D eigenvalue weighted by atomic mass is 19.4. The Bertz CT molecular complexity index is 409. The van der Waals surface area contributed by atoms with E-state index in [1.54, 1.807) is 0 Å². The Hall–Kier alpha value is -1.30.